The van der Waals surface area contributed by atoms with Crippen molar-refractivity contribution < 1.29 is 28.7 Å². The van der Waals surface area contributed by atoms with E-state index in [1.54, 1.807) is 30.1 Å². The number of halogens is 2. The van der Waals surface area contributed by atoms with E-state index in [-0.39, 0.29) is 29.3 Å². The third kappa shape index (κ3) is 7.48. The van der Waals surface area contributed by atoms with Gasteiger partial charge in [0.25, 0.3) is 5.91 Å². The van der Waals surface area contributed by atoms with Crippen LogP contribution in [0, 0.1) is 0 Å². The van der Waals surface area contributed by atoms with Gasteiger partial charge in [-0.05, 0) is 54.5 Å². The molecule has 2 amide bonds. The van der Waals surface area contributed by atoms with Crippen LogP contribution in [0.25, 0.3) is 0 Å². The van der Waals surface area contributed by atoms with Crippen molar-refractivity contribution in [2.45, 2.75) is 31.7 Å². The molecule has 1 aromatic heterocycles. The first-order valence-corrected chi connectivity index (χ1v) is 16.3. The van der Waals surface area contributed by atoms with E-state index in [0.29, 0.717) is 64.1 Å². The molecule has 2 aliphatic rings. The molecule has 1 aliphatic carbocycles. The van der Waals surface area contributed by atoms with Gasteiger partial charge in [-0.2, -0.15) is 0 Å². The fourth-order valence-electron chi connectivity index (χ4n) is 5.40. The number of hydrogen-bond donors (Lipinski definition) is 1. The SMILES string of the molecule is CN(CC[N+](C)(C)CC(=O)O)C(=O)CCc1cc(Cl)c(Oc2ccsc2C(=O)N2CCN(C3CC3)c3ccccc32)cc1Cl. The smallest absolute Gasteiger partial charge is 0.359 e. The molecule has 0 atom stereocenters. The van der Waals surface area contributed by atoms with Crippen molar-refractivity contribution in [1.29, 1.82) is 0 Å². The normalized spacial score (nSPS) is 14.8. The Morgan fingerprint density at radius 2 is 1.77 bits per heavy atom. The molecule has 3 aromatic rings. The zero-order valence-electron chi connectivity index (χ0n) is 25.1. The molecule has 0 radical (unpaired) electrons. The minimum absolute atomic E-state index is 0.0169. The van der Waals surface area contributed by atoms with Crippen molar-refractivity contribution in [3.63, 3.8) is 0 Å². The predicted molar refractivity (Wildman–Crippen MR) is 175 cm³/mol. The maximum Gasteiger partial charge on any atom is 0.359 e. The van der Waals surface area contributed by atoms with Crippen LogP contribution in [0.5, 0.6) is 11.5 Å². The van der Waals surface area contributed by atoms with Crippen LogP contribution >= 0.6 is 34.5 Å². The summed E-state index contributed by atoms with van der Waals surface area (Å²) in [5.41, 5.74) is 2.70. The first-order valence-electron chi connectivity index (χ1n) is 14.6. The van der Waals surface area contributed by atoms with Crippen molar-refractivity contribution in [2.75, 3.05) is 63.7 Å². The maximum atomic E-state index is 13.8. The van der Waals surface area contributed by atoms with Crippen LogP contribution < -0.4 is 14.5 Å². The number of carboxylic acid groups (broad SMARTS) is 1. The monoisotopic (exact) mass is 659 g/mol. The molecule has 234 valence electrons. The molecule has 44 heavy (non-hydrogen) atoms. The average Bonchev–Trinajstić information content (AvgIpc) is 3.72. The molecular formula is C32H37Cl2N4O5S+. The highest BCUT2D eigenvalue weighted by Gasteiger charge is 2.36. The Hall–Kier alpha value is -3.31. The highest BCUT2D eigenvalue weighted by Crippen LogP contribution is 2.42. The summed E-state index contributed by atoms with van der Waals surface area (Å²) >= 11 is 14.5. The van der Waals surface area contributed by atoms with Crippen LogP contribution in [0.4, 0.5) is 11.4 Å². The summed E-state index contributed by atoms with van der Waals surface area (Å²) in [6, 6.07) is 13.7. The number of anilines is 2. The van der Waals surface area contributed by atoms with Gasteiger partial charge in [0.15, 0.2) is 12.3 Å². The summed E-state index contributed by atoms with van der Waals surface area (Å²) in [6.45, 7) is 2.32. The number of benzene rings is 2. The molecule has 2 aromatic carbocycles. The minimum atomic E-state index is -0.877. The molecule has 1 fully saturated rings. The maximum absolute atomic E-state index is 13.8. The number of rotatable bonds is 12. The number of thiophene rings is 1. The lowest BCUT2D eigenvalue weighted by Crippen LogP contribution is -2.48. The van der Waals surface area contributed by atoms with E-state index in [1.807, 2.05) is 42.6 Å². The van der Waals surface area contributed by atoms with Crippen LogP contribution in [0.15, 0.2) is 47.8 Å². The fraction of sp³-hybridized carbons (Fsp3) is 0.406. The minimum Gasteiger partial charge on any atom is -0.477 e. The standard InChI is InChI=1S/C32H36Cl2N4O5S/c1-35(15-16-38(2,3)20-30(40)41)29(39)11-8-21-18-24(34)28(19-23(21)33)43-27-12-17-44-31(27)32(42)37-14-13-36(22-9-10-22)25-6-4-5-7-26(25)37/h4-7,12,17-19,22H,8-11,13-16,20H2,1-3H3/p+1. The second kappa shape index (κ2) is 13.4. The lowest BCUT2D eigenvalue weighted by atomic mass is 10.1. The van der Waals surface area contributed by atoms with Gasteiger partial charge in [-0.25, -0.2) is 4.79 Å². The molecule has 2 heterocycles. The van der Waals surface area contributed by atoms with Gasteiger partial charge in [0, 0.05) is 43.7 Å². The molecular weight excluding hydrogens is 623 g/mol. The number of carboxylic acids is 1. The summed E-state index contributed by atoms with van der Waals surface area (Å²) in [5, 5.41) is 11.6. The quantitative estimate of drug-likeness (QED) is 0.239. The van der Waals surface area contributed by atoms with E-state index >= 15 is 0 Å². The fourth-order valence-corrected chi connectivity index (χ4v) is 6.64. The largest absolute Gasteiger partial charge is 0.477 e. The van der Waals surface area contributed by atoms with Crippen molar-refractivity contribution in [1.82, 2.24) is 4.90 Å². The molecule has 9 nitrogen and oxygen atoms in total. The second-order valence-electron chi connectivity index (χ2n) is 12.0. The summed E-state index contributed by atoms with van der Waals surface area (Å²) in [5.74, 6) is -0.335. The Balaban J connectivity index is 1.23. The van der Waals surface area contributed by atoms with Crippen molar-refractivity contribution in [3.8, 4) is 11.5 Å². The number of ether oxygens (including phenoxy) is 1. The van der Waals surface area contributed by atoms with Crippen LogP contribution in [0.2, 0.25) is 10.0 Å². The highest BCUT2D eigenvalue weighted by molar-refractivity contribution is 7.12. The number of nitrogens with zero attached hydrogens (tertiary/aromatic N) is 4. The van der Waals surface area contributed by atoms with E-state index in [1.165, 1.54) is 24.2 Å². The summed E-state index contributed by atoms with van der Waals surface area (Å²) < 4.78 is 6.43. The van der Waals surface area contributed by atoms with Gasteiger partial charge >= 0.3 is 5.97 Å². The van der Waals surface area contributed by atoms with E-state index in [4.69, 9.17) is 33.0 Å². The Morgan fingerprint density at radius 1 is 1.05 bits per heavy atom. The molecule has 0 bridgehead atoms. The topological polar surface area (TPSA) is 90.4 Å². The van der Waals surface area contributed by atoms with Crippen molar-refractivity contribution >= 4 is 63.7 Å². The molecule has 5 rings (SSSR count). The first kappa shape index (κ1) is 32.1. The van der Waals surface area contributed by atoms with Crippen LogP contribution in [0.3, 0.4) is 0 Å². The number of para-hydroxylation sites is 2. The second-order valence-corrected chi connectivity index (χ2v) is 13.7. The number of aliphatic carboxylic acids is 1. The molecule has 0 unspecified atom stereocenters. The van der Waals surface area contributed by atoms with E-state index in [9.17, 15) is 14.4 Å². The van der Waals surface area contributed by atoms with Gasteiger partial charge in [0.05, 0.1) is 43.6 Å². The lowest BCUT2D eigenvalue weighted by Gasteiger charge is -2.37. The van der Waals surface area contributed by atoms with Crippen molar-refractivity contribution in [3.05, 3.63) is 68.3 Å². The number of aryl methyl sites for hydroxylation is 1. The van der Waals surface area contributed by atoms with E-state index in [2.05, 4.69) is 11.0 Å². The van der Waals surface area contributed by atoms with Gasteiger partial charge in [-0.1, -0.05) is 35.3 Å². The van der Waals surface area contributed by atoms with Crippen LogP contribution in [-0.4, -0.2) is 92.2 Å². The highest BCUT2D eigenvalue weighted by atomic mass is 35.5. The number of amides is 2. The third-order valence-corrected chi connectivity index (χ3v) is 9.59. The van der Waals surface area contributed by atoms with Gasteiger partial charge in [0.2, 0.25) is 5.91 Å². The zero-order valence-corrected chi connectivity index (χ0v) is 27.4. The number of hydrogen-bond acceptors (Lipinski definition) is 6. The van der Waals surface area contributed by atoms with Crippen molar-refractivity contribution in [2.24, 2.45) is 0 Å². The molecule has 1 saturated carbocycles. The summed E-state index contributed by atoms with van der Waals surface area (Å²) in [7, 11) is 5.35. The third-order valence-electron chi connectivity index (χ3n) is 8.06. The molecule has 1 N–H and O–H groups in total. The Kier molecular flexibility index (Phi) is 9.74. The number of fused-ring (bicyclic) bond motifs is 1. The summed E-state index contributed by atoms with van der Waals surface area (Å²) in [4.78, 5) is 43.9. The lowest BCUT2D eigenvalue weighted by molar-refractivity contribution is -0.882. The van der Waals surface area contributed by atoms with Gasteiger partial charge in [0.1, 0.15) is 10.6 Å². The average molecular weight is 661 g/mol. The number of carbonyl (C=O) groups is 3. The first-order chi connectivity index (χ1) is 20.9. The predicted octanol–water partition coefficient (Wildman–Crippen LogP) is 6.03. The summed E-state index contributed by atoms with van der Waals surface area (Å²) in [6.07, 6.45) is 2.98. The molecule has 0 spiro atoms. The van der Waals surface area contributed by atoms with Gasteiger partial charge in [-0.3, -0.25) is 9.59 Å². The molecule has 0 saturated heterocycles. The van der Waals surface area contributed by atoms with Crippen LogP contribution in [0.1, 0.15) is 34.5 Å². The van der Waals surface area contributed by atoms with Crippen LogP contribution in [-0.2, 0) is 16.0 Å². The van der Waals surface area contributed by atoms with E-state index in [0.717, 1.165) is 17.9 Å². The van der Waals surface area contributed by atoms with Gasteiger partial charge in [-0.15, -0.1) is 11.3 Å². The zero-order chi connectivity index (χ0) is 31.6. The number of quaternary nitrogens is 1. The molecule has 1 aliphatic heterocycles. The molecule has 12 heteroatoms. The number of carbonyl (C=O) groups excluding carboxylic acids is 2. The van der Waals surface area contributed by atoms with Gasteiger partial charge < -0.3 is 29.0 Å². The Labute approximate surface area is 271 Å². The number of likely N-dealkylation sites (N-methyl/N-ethyl adjacent to an activating group) is 2. The Bertz CT molecular complexity index is 1560. The van der Waals surface area contributed by atoms with E-state index < -0.39 is 5.97 Å². The Morgan fingerprint density at radius 3 is 2.48 bits per heavy atom.